The lowest BCUT2D eigenvalue weighted by atomic mass is 9.79. The number of amidine groups is 1. The molecule has 0 aliphatic carbocycles. The number of aryl methyl sites for hydroxylation is 1. The van der Waals surface area contributed by atoms with E-state index in [1.54, 1.807) is 11.9 Å². The minimum atomic E-state index is -0.00176. The number of anilines is 1. The van der Waals surface area contributed by atoms with Crippen molar-refractivity contribution in [3.05, 3.63) is 64.1 Å². The molecule has 5 heteroatoms. The van der Waals surface area contributed by atoms with E-state index in [4.69, 9.17) is 0 Å². The molecular weight excluding hydrogens is 390 g/mol. The molecule has 2 aromatic rings. The molecule has 0 unspecified atom stereocenters. The topological polar surface area (TPSA) is 35.9 Å². The normalized spacial score (nSPS) is 23.4. The predicted octanol–water partition coefficient (Wildman–Crippen LogP) is 5.95. The molecule has 4 nitrogen and oxygen atoms in total. The highest BCUT2D eigenvalue weighted by Gasteiger charge is 2.35. The Hall–Kier alpha value is -2.53. The van der Waals surface area contributed by atoms with Crippen molar-refractivity contribution in [3.63, 3.8) is 0 Å². The fraction of sp³-hybridized carbons (Fsp3) is 0.360. The number of hydrogen-bond acceptors (Lipinski definition) is 4. The summed E-state index contributed by atoms with van der Waals surface area (Å²) in [6, 6.07) is 14.3. The number of amides is 1. The lowest BCUT2D eigenvalue weighted by molar-refractivity contribution is -0.121. The first-order chi connectivity index (χ1) is 14.2. The van der Waals surface area contributed by atoms with Crippen LogP contribution in [0.3, 0.4) is 0 Å². The maximum Gasteiger partial charge on any atom is 0.266 e. The molecule has 0 saturated carbocycles. The van der Waals surface area contributed by atoms with Gasteiger partial charge in [0.2, 0.25) is 0 Å². The second kappa shape index (κ2) is 7.62. The Kier molecular flexibility index (Phi) is 5.27. The van der Waals surface area contributed by atoms with Crippen molar-refractivity contribution >= 4 is 40.3 Å². The zero-order chi connectivity index (χ0) is 21.6. The Bertz CT molecular complexity index is 1060. The maximum absolute atomic E-state index is 12.9. The van der Waals surface area contributed by atoms with Crippen LogP contribution >= 0.6 is 11.8 Å². The second-order valence-electron chi connectivity index (χ2n) is 8.95. The van der Waals surface area contributed by atoms with Gasteiger partial charge in [0.25, 0.3) is 5.91 Å². The van der Waals surface area contributed by atoms with E-state index in [1.165, 1.54) is 28.6 Å². The SMILES string of the molecule is Cc1cc2c(cc1/C=C1\SC(=Nc3ccccc3)N(C)C1=O)[C@@H](C)CC(C)(C)N2C. The number of carbonyl (C=O) groups excluding carboxylic acids is 1. The number of aliphatic imine (C=N–C) groups is 1. The summed E-state index contributed by atoms with van der Waals surface area (Å²) in [7, 11) is 3.97. The minimum absolute atomic E-state index is 0.00176. The van der Waals surface area contributed by atoms with Crippen LogP contribution < -0.4 is 4.90 Å². The molecule has 1 amide bonds. The maximum atomic E-state index is 12.9. The summed E-state index contributed by atoms with van der Waals surface area (Å²) in [5.41, 5.74) is 5.94. The van der Waals surface area contributed by atoms with Crippen LogP contribution in [0.2, 0.25) is 0 Å². The van der Waals surface area contributed by atoms with Crippen LogP contribution in [0.5, 0.6) is 0 Å². The molecule has 4 rings (SSSR count). The van der Waals surface area contributed by atoms with E-state index in [-0.39, 0.29) is 11.4 Å². The molecule has 0 aromatic heterocycles. The molecule has 2 aromatic carbocycles. The Morgan fingerprint density at radius 2 is 1.87 bits per heavy atom. The van der Waals surface area contributed by atoms with Gasteiger partial charge in [-0.15, -0.1) is 0 Å². The van der Waals surface area contributed by atoms with Crippen LogP contribution in [-0.4, -0.2) is 35.6 Å². The summed E-state index contributed by atoms with van der Waals surface area (Å²) in [5, 5.41) is 0.711. The highest BCUT2D eigenvalue weighted by molar-refractivity contribution is 8.18. The van der Waals surface area contributed by atoms with Crippen LogP contribution in [0, 0.1) is 6.92 Å². The lowest BCUT2D eigenvalue weighted by Gasteiger charge is -2.45. The van der Waals surface area contributed by atoms with Gasteiger partial charge in [0, 0.05) is 25.3 Å². The predicted molar refractivity (Wildman–Crippen MR) is 129 cm³/mol. The summed E-state index contributed by atoms with van der Waals surface area (Å²) >= 11 is 1.44. The first-order valence-corrected chi connectivity index (χ1v) is 11.2. The van der Waals surface area contributed by atoms with E-state index < -0.39 is 0 Å². The van der Waals surface area contributed by atoms with Crippen molar-refractivity contribution in [3.8, 4) is 0 Å². The summed E-state index contributed by atoms with van der Waals surface area (Å²) in [6.07, 6.45) is 3.14. The fourth-order valence-corrected chi connectivity index (χ4v) is 5.27. The molecule has 156 valence electrons. The van der Waals surface area contributed by atoms with E-state index in [0.29, 0.717) is 16.0 Å². The summed E-state index contributed by atoms with van der Waals surface area (Å²) < 4.78 is 0. The molecule has 2 heterocycles. The van der Waals surface area contributed by atoms with Gasteiger partial charge in [-0.3, -0.25) is 9.69 Å². The average molecular weight is 420 g/mol. The highest BCUT2D eigenvalue weighted by atomic mass is 32.2. The number of likely N-dealkylation sites (N-methyl/N-ethyl adjacent to an activating group) is 1. The second-order valence-corrected chi connectivity index (χ2v) is 9.96. The Labute approximate surface area is 183 Å². The summed E-state index contributed by atoms with van der Waals surface area (Å²) in [6.45, 7) is 9.02. The van der Waals surface area contributed by atoms with Gasteiger partial charge >= 0.3 is 0 Å². The molecular formula is C25H29N3OS. The van der Waals surface area contributed by atoms with Gasteiger partial charge in [-0.1, -0.05) is 25.1 Å². The summed E-state index contributed by atoms with van der Waals surface area (Å²) in [4.78, 5) is 22.2. The standard InChI is InChI=1S/C25H29N3OS/c1-16-12-21-20(17(2)15-25(3,4)28(21)6)13-18(16)14-22-23(29)27(5)24(30-22)26-19-10-8-7-9-11-19/h7-14,17H,15H2,1-6H3/b22-14-,26-24?/t17-/m0/s1. The van der Waals surface area contributed by atoms with Gasteiger partial charge < -0.3 is 4.90 Å². The molecule has 2 aliphatic heterocycles. The van der Waals surface area contributed by atoms with Crippen LogP contribution in [0.15, 0.2) is 52.4 Å². The smallest absolute Gasteiger partial charge is 0.266 e. The van der Waals surface area contributed by atoms with Crippen molar-refractivity contribution in [2.45, 2.75) is 45.6 Å². The number of rotatable bonds is 2. The van der Waals surface area contributed by atoms with E-state index in [2.05, 4.69) is 56.8 Å². The van der Waals surface area contributed by atoms with Crippen LogP contribution in [-0.2, 0) is 4.79 Å². The quantitative estimate of drug-likeness (QED) is 0.564. The molecule has 2 aliphatic rings. The molecule has 0 spiro atoms. The molecule has 1 fully saturated rings. The van der Waals surface area contributed by atoms with Crippen molar-refractivity contribution in [1.29, 1.82) is 0 Å². The van der Waals surface area contributed by atoms with Crippen molar-refractivity contribution in [2.24, 2.45) is 4.99 Å². The molecule has 0 N–H and O–H groups in total. The van der Waals surface area contributed by atoms with Crippen molar-refractivity contribution in [1.82, 2.24) is 4.90 Å². The molecule has 0 radical (unpaired) electrons. The Morgan fingerprint density at radius 3 is 2.57 bits per heavy atom. The molecule has 1 saturated heterocycles. The first kappa shape index (κ1) is 20.7. The van der Waals surface area contributed by atoms with Gasteiger partial charge in [-0.25, -0.2) is 4.99 Å². The number of nitrogens with zero attached hydrogens (tertiary/aromatic N) is 3. The summed E-state index contributed by atoms with van der Waals surface area (Å²) in [5.74, 6) is 0.479. The van der Waals surface area contributed by atoms with E-state index in [1.807, 2.05) is 36.4 Å². The van der Waals surface area contributed by atoms with Crippen molar-refractivity contribution in [2.75, 3.05) is 19.0 Å². The van der Waals surface area contributed by atoms with E-state index >= 15 is 0 Å². The fourth-order valence-electron chi connectivity index (χ4n) is 4.30. The number of hydrogen-bond donors (Lipinski definition) is 0. The van der Waals surface area contributed by atoms with Gasteiger partial charge in [-0.05, 0) is 91.9 Å². The van der Waals surface area contributed by atoms with E-state index in [9.17, 15) is 4.79 Å². The largest absolute Gasteiger partial charge is 0.369 e. The van der Waals surface area contributed by atoms with E-state index in [0.717, 1.165) is 17.7 Å². The Morgan fingerprint density at radius 1 is 1.17 bits per heavy atom. The third kappa shape index (κ3) is 3.67. The third-order valence-corrected chi connectivity index (χ3v) is 7.35. The third-order valence-electron chi connectivity index (χ3n) is 6.29. The van der Waals surface area contributed by atoms with Crippen molar-refractivity contribution < 1.29 is 4.79 Å². The minimum Gasteiger partial charge on any atom is -0.369 e. The van der Waals surface area contributed by atoms with Crippen LogP contribution in [0.1, 0.15) is 49.8 Å². The number of benzene rings is 2. The number of fused-ring (bicyclic) bond motifs is 1. The number of thioether (sulfide) groups is 1. The zero-order valence-electron chi connectivity index (χ0n) is 18.6. The average Bonchev–Trinajstić information content (AvgIpc) is 2.96. The van der Waals surface area contributed by atoms with Gasteiger partial charge in [-0.2, -0.15) is 0 Å². The van der Waals surface area contributed by atoms with Gasteiger partial charge in [0.1, 0.15) is 0 Å². The van der Waals surface area contributed by atoms with Gasteiger partial charge in [0.15, 0.2) is 5.17 Å². The van der Waals surface area contributed by atoms with Crippen LogP contribution in [0.25, 0.3) is 6.08 Å². The lowest BCUT2D eigenvalue weighted by Crippen LogP contribution is -2.45. The molecule has 1 atom stereocenters. The highest BCUT2D eigenvalue weighted by Crippen LogP contribution is 2.44. The molecule has 0 bridgehead atoms. The van der Waals surface area contributed by atoms with Gasteiger partial charge in [0.05, 0.1) is 10.6 Å². The first-order valence-electron chi connectivity index (χ1n) is 10.4. The zero-order valence-corrected chi connectivity index (χ0v) is 19.4. The number of carbonyl (C=O) groups is 1. The molecule has 30 heavy (non-hydrogen) atoms. The number of para-hydroxylation sites is 1. The Balaban J connectivity index is 1.70. The van der Waals surface area contributed by atoms with Crippen LogP contribution in [0.4, 0.5) is 11.4 Å². The monoisotopic (exact) mass is 419 g/mol.